The van der Waals surface area contributed by atoms with E-state index in [0.717, 1.165) is 31.9 Å². The first-order chi connectivity index (χ1) is 8.46. The van der Waals surface area contributed by atoms with Crippen molar-refractivity contribution in [3.05, 3.63) is 23.5 Å². The minimum Gasteiger partial charge on any atom is -0.389 e. The largest absolute Gasteiger partial charge is 0.389 e. The highest BCUT2D eigenvalue weighted by molar-refractivity contribution is 6.33. The highest BCUT2D eigenvalue weighted by Gasteiger charge is 2.23. The van der Waals surface area contributed by atoms with Crippen LogP contribution in [0.3, 0.4) is 0 Å². The zero-order valence-electron chi connectivity index (χ0n) is 10.9. The van der Waals surface area contributed by atoms with E-state index < -0.39 is 5.60 Å². The van der Waals surface area contributed by atoms with Crippen molar-refractivity contribution < 1.29 is 5.11 Å². The van der Waals surface area contributed by atoms with Crippen LogP contribution in [-0.4, -0.2) is 53.3 Å². The molecule has 100 valence electrons. The summed E-state index contributed by atoms with van der Waals surface area (Å²) in [6.07, 6.45) is 3.45. The van der Waals surface area contributed by atoms with Gasteiger partial charge in [0.25, 0.3) is 0 Å². The zero-order valence-corrected chi connectivity index (χ0v) is 11.7. The second kappa shape index (κ2) is 5.43. The van der Waals surface area contributed by atoms with Gasteiger partial charge in [0.15, 0.2) is 0 Å². The monoisotopic (exact) mass is 269 g/mol. The Bertz CT molecular complexity index is 397. The van der Waals surface area contributed by atoms with E-state index in [0.29, 0.717) is 11.6 Å². The molecular weight excluding hydrogens is 250 g/mol. The van der Waals surface area contributed by atoms with Gasteiger partial charge in [0.05, 0.1) is 16.3 Å². The summed E-state index contributed by atoms with van der Waals surface area (Å²) in [5, 5.41) is 10.5. The fraction of sp³-hybridized carbons (Fsp3) is 0.615. The third-order valence-electron chi connectivity index (χ3n) is 3.07. The predicted molar refractivity (Wildman–Crippen MR) is 74.2 cm³/mol. The molecule has 1 aromatic heterocycles. The van der Waals surface area contributed by atoms with E-state index in [4.69, 9.17) is 11.6 Å². The molecular formula is C13H20ClN3O. The van der Waals surface area contributed by atoms with Crippen LogP contribution >= 0.6 is 11.6 Å². The average Bonchev–Trinajstić information content (AvgIpc) is 2.29. The summed E-state index contributed by atoms with van der Waals surface area (Å²) in [6, 6.07) is 1.95. The summed E-state index contributed by atoms with van der Waals surface area (Å²) in [6.45, 7) is 8.16. The van der Waals surface area contributed by atoms with Gasteiger partial charge in [-0.15, -0.1) is 0 Å². The van der Waals surface area contributed by atoms with Gasteiger partial charge in [-0.2, -0.15) is 0 Å². The van der Waals surface area contributed by atoms with Crippen LogP contribution in [-0.2, 0) is 0 Å². The number of nitrogens with zero attached hydrogens (tertiary/aromatic N) is 3. The summed E-state index contributed by atoms with van der Waals surface area (Å²) in [4.78, 5) is 8.55. The lowest BCUT2D eigenvalue weighted by atomic mass is 10.1. The zero-order chi connectivity index (χ0) is 13.2. The van der Waals surface area contributed by atoms with Crippen molar-refractivity contribution in [2.24, 2.45) is 0 Å². The van der Waals surface area contributed by atoms with E-state index in [9.17, 15) is 5.11 Å². The fourth-order valence-corrected chi connectivity index (χ4v) is 2.56. The number of hydrogen-bond acceptors (Lipinski definition) is 4. The molecule has 0 atom stereocenters. The summed E-state index contributed by atoms with van der Waals surface area (Å²) >= 11 is 6.14. The van der Waals surface area contributed by atoms with Crippen LogP contribution < -0.4 is 4.90 Å². The maximum Gasteiger partial charge on any atom is 0.0822 e. The Morgan fingerprint density at radius 1 is 1.33 bits per heavy atom. The number of β-amino-alcohol motifs (C(OH)–C–C–N with tert-alkyl or cyclic N) is 1. The number of rotatable bonds is 3. The molecule has 18 heavy (non-hydrogen) atoms. The van der Waals surface area contributed by atoms with Gasteiger partial charge >= 0.3 is 0 Å². The van der Waals surface area contributed by atoms with E-state index in [1.165, 1.54) is 0 Å². The molecule has 1 aliphatic rings. The quantitative estimate of drug-likeness (QED) is 0.905. The normalized spacial score (nSPS) is 18.1. The Kier molecular flexibility index (Phi) is 4.10. The topological polar surface area (TPSA) is 39.6 Å². The van der Waals surface area contributed by atoms with Crippen LogP contribution in [0.15, 0.2) is 18.5 Å². The molecule has 0 bridgehead atoms. The van der Waals surface area contributed by atoms with Gasteiger partial charge in [0, 0.05) is 45.1 Å². The first-order valence-corrected chi connectivity index (χ1v) is 6.63. The van der Waals surface area contributed by atoms with Gasteiger partial charge in [-0.3, -0.25) is 9.88 Å². The van der Waals surface area contributed by atoms with Gasteiger partial charge in [0.2, 0.25) is 0 Å². The molecule has 1 aliphatic heterocycles. The van der Waals surface area contributed by atoms with Crippen molar-refractivity contribution in [2.75, 3.05) is 37.6 Å². The molecule has 0 unspecified atom stereocenters. The highest BCUT2D eigenvalue weighted by Crippen LogP contribution is 2.25. The van der Waals surface area contributed by atoms with Crippen molar-refractivity contribution in [1.82, 2.24) is 9.88 Å². The molecule has 2 heterocycles. The Hall–Kier alpha value is -0.840. The molecule has 0 saturated carbocycles. The number of hydrogen-bond donors (Lipinski definition) is 1. The molecule has 5 heteroatoms. The number of piperazine rings is 1. The van der Waals surface area contributed by atoms with E-state index in [-0.39, 0.29) is 0 Å². The summed E-state index contributed by atoms with van der Waals surface area (Å²) in [5.41, 5.74) is 0.422. The van der Waals surface area contributed by atoms with E-state index in [2.05, 4.69) is 14.8 Å². The third-order valence-corrected chi connectivity index (χ3v) is 3.37. The van der Waals surface area contributed by atoms with Crippen LogP contribution in [0.5, 0.6) is 0 Å². The Morgan fingerprint density at radius 2 is 2.00 bits per heavy atom. The van der Waals surface area contributed by atoms with Crippen molar-refractivity contribution in [1.29, 1.82) is 0 Å². The SMILES string of the molecule is CC(C)(O)CN1CCN(c2ccncc2Cl)CC1. The van der Waals surface area contributed by atoms with E-state index in [1.807, 2.05) is 19.9 Å². The average molecular weight is 270 g/mol. The lowest BCUT2D eigenvalue weighted by Crippen LogP contribution is -2.50. The molecule has 0 aliphatic carbocycles. The molecule has 4 nitrogen and oxygen atoms in total. The lowest BCUT2D eigenvalue weighted by molar-refractivity contribution is 0.0345. The molecule has 1 aromatic rings. The van der Waals surface area contributed by atoms with Crippen LogP contribution in [0.4, 0.5) is 5.69 Å². The van der Waals surface area contributed by atoms with Gasteiger partial charge in [0.1, 0.15) is 0 Å². The maximum absolute atomic E-state index is 9.81. The molecule has 1 fully saturated rings. The molecule has 0 radical (unpaired) electrons. The van der Waals surface area contributed by atoms with Gasteiger partial charge in [-0.1, -0.05) is 11.6 Å². The molecule has 1 saturated heterocycles. The van der Waals surface area contributed by atoms with Crippen LogP contribution in [0, 0.1) is 0 Å². The summed E-state index contributed by atoms with van der Waals surface area (Å²) in [5.74, 6) is 0. The van der Waals surface area contributed by atoms with Gasteiger partial charge in [-0.05, 0) is 19.9 Å². The number of aromatic nitrogens is 1. The Morgan fingerprint density at radius 3 is 2.56 bits per heavy atom. The minimum absolute atomic E-state index is 0.628. The lowest BCUT2D eigenvalue weighted by Gasteiger charge is -2.38. The standard InChI is InChI=1S/C13H20ClN3O/c1-13(2,18)10-16-5-7-17(8-6-16)12-3-4-15-9-11(12)14/h3-4,9,18H,5-8,10H2,1-2H3. The van der Waals surface area contributed by atoms with Crippen LogP contribution in [0.1, 0.15) is 13.8 Å². The maximum atomic E-state index is 9.81. The van der Waals surface area contributed by atoms with Crippen LogP contribution in [0.2, 0.25) is 5.02 Å². The number of pyridine rings is 1. The minimum atomic E-state index is -0.628. The van der Waals surface area contributed by atoms with Crippen molar-refractivity contribution in [2.45, 2.75) is 19.4 Å². The summed E-state index contributed by atoms with van der Waals surface area (Å²) in [7, 11) is 0. The fourth-order valence-electron chi connectivity index (χ4n) is 2.32. The first-order valence-electron chi connectivity index (χ1n) is 6.25. The molecule has 2 rings (SSSR count). The van der Waals surface area contributed by atoms with Gasteiger partial charge in [-0.25, -0.2) is 0 Å². The third kappa shape index (κ3) is 3.57. The van der Waals surface area contributed by atoms with Crippen LogP contribution in [0.25, 0.3) is 0 Å². The summed E-state index contributed by atoms with van der Waals surface area (Å²) < 4.78 is 0. The number of anilines is 1. The predicted octanol–water partition coefficient (Wildman–Crippen LogP) is 1.63. The second-order valence-corrected chi connectivity index (χ2v) is 5.81. The number of aliphatic hydroxyl groups is 1. The van der Waals surface area contributed by atoms with Crippen molar-refractivity contribution in [3.63, 3.8) is 0 Å². The van der Waals surface area contributed by atoms with E-state index >= 15 is 0 Å². The molecule has 0 spiro atoms. The van der Waals surface area contributed by atoms with E-state index in [1.54, 1.807) is 12.4 Å². The highest BCUT2D eigenvalue weighted by atomic mass is 35.5. The van der Waals surface area contributed by atoms with Crippen molar-refractivity contribution in [3.8, 4) is 0 Å². The Labute approximate surface area is 113 Å². The smallest absolute Gasteiger partial charge is 0.0822 e. The second-order valence-electron chi connectivity index (χ2n) is 5.40. The first kappa shape index (κ1) is 13.6. The van der Waals surface area contributed by atoms with Gasteiger partial charge < -0.3 is 10.0 Å². The number of halogens is 1. The molecule has 1 N–H and O–H groups in total. The Balaban J connectivity index is 1.93. The molecule has 0 aromatic carbocycles. The molecule has 0 amide bonds. The van der Waals surface area contributed by atoms with Crippen molar-refractivity contribution >= 4 is 17.3 Å².